The summed E-state index contributed by atoms with van der Waals surface area (Å²) in [7, 11) is 5.58. The Kier molecular flexibility index (Phi) is 6.65. The number of carbonyl (C=O) groups is 2. The molecule has 5 heterocycles. The van der Waals surface area contributed by atoms with E-state index in [0.29, 0.717) is 34.8 Å². The number of para-hydroxylation sites is 1. The van der Waals surface area contributed by atoms with E-state index in [1.807, 2.05) is 42.2 Å². The highest BCUT2D eigenvalue weighted by molar-refractivity contribution is 6.19. The summed E-state index contributed by atoms with van der Waals surface area (Å²) >= 11 is 0. The van der Waals surface area contributed by atoms with Crippen molar-refractivity contribution >= 4 is 39.5 Å². The number of amides is 2. The molecule has 6 rings (SSSR count). The van der Waals surface area contributed by atoms with Gasteiger partial charge in [0.25, 0.3) is 11.5 Å². The third-order valence-corrected chi connectivity index (χ3v) is 8.63. The Labute approximate surface area is 250 Å². The quantitative estimate of drug-likeness (QED) is 0.339. The summed E-state index contributed by atoms with van der Waals surface area (Å²) in [6.45, 7) is 7.75. The van der Waals surface area contributed by atoms with Crippen molar-refractivity contribution in [1.82, 2.24) is 29.0 Å². The molecule has 3 aromatic heterocycles. The Morgan fingerprint density at radius 2 is 1.88 bits per heavy atom. The first kappa shape index (κ1) is 28.6. The van der Waals surface area contributed by atoms with Gasteiger partial charge in [-0.05, 0) is 39.0 Å². The number of ether oxygens (including phenoxy) is 2. The number of hydrogen-bond acceptors (Lipinski definition) is 10. The van der Waals surface area contributed by atoms with Gasteiger partial charge in [0, 0.05) is 31.3 Å². The molecular weight excluding hydrogens is 568 g/mol. The standard InChI is InChI=1S/C29H31N8O5Si/c1-16-13-35(22-20-19(31-26(30)32-22)14-34(23(20)38)27(40)42-28(2,3)4)29(16,43)25-33-36-12-11-17(15-41-5)21(36)24(39)37(25)18-9-7-6-8-10-18/h6-12,16H,13-15H2,1-5H3,(H2,30,31,32)/t16-,29?/m0/s1. The molecule has 13 nitrogen and oxygen atoms in total. The second-order valence-corrected chi connectivity index (χ2v) is 12.5. The minimum absolute atomic E-state index is 0.0559. The van der Waals surface area contributed by atoms with Crippen LogP contribution in [0.4, 0.5) is 16.6 Å². The van der Waals surface area contributed by atoms with E-state index in [0.717, 1.165) is 4.90 Å². The molecule has 1 aromatic carbocycles. The number of benzene rings is 1. The number of hydrogen-bond donors (Lipinski definition) is 1. The summed E-state index contributed by atoms with van der Waals surface area (Å²) in [5.41, 5.74) is 7.20. The second kappa shape index (κ2) is 10.0. The number of nitrogen functional groups attached to an aromatic ring is 1. The lowest BCUT2D eigenvalue weighted by Crippen LogP contribution is -2.67. The van der Waals surface area contributed by atoms with Gasteiger partial charge in [-0.2, -0.15) is 10.1 Å². The zero-order valence-corrected chi connectivity index (χ0v) is 25.5. The van der Waals surface area contributed by atoms with Gasteiger partial charge in [0.05, 0.1) is 39.9 Å². The van der Waals surface area contributed by atoms with E-state index in [9.17, 15) is 14.4 Å². The predicted molar refractivity (Wildman–Crippen MR) is 158 cm³/mol. The summed E-state index contributed by atoms with van der Waals surface area (Å²) in [6, 6.07) is 11.0. The van der Waals surface area contributed by atoms with E-state index in [4.69, 9.17) is 20.3 Å². The number of nitrogens with zero attached hydrogens (tertiary/aromatic N) is 7. The summed E-state index contributed by atoms with van der Waals surface area (Å²) in [6.07, 6.45) is 0.932. The number of rotatable bonds is 5. The molecule has 2 aliphatic rings. The van der Waals surface area contributed by atoms with Gasteiger partial charge in [0.1, 0.15) is 22.5 Å². The van der Waals surface area contributed by atoms with Gasteiger partial charge in [-0.1, -0.05) is 25.1 Å². The monoisotopic (exact) mass is 599 g/mol. The molecular formula is C29H31N8O5Si. The lowest BCUT2D eigenvalue weighted by Gasteiger charge is -2.56. The van der Waals surface area contributed by atoms with Crippen molar-refractivity contribution in [3.8, 4) is 5.69 Å². The lowest BCUT2D eigenvalue weighted by atomic mass is 9.87. The van der Waals surface area contributed by atoms with Gasteiger partial charge in [0.2, 0.25) is 5.95 Å². The maximum Gasteiger partial charge on any atom is 0.417 e. The maximum absolute atomic E-state index is 14.2. The number of imide groups is 1. The maximum atomic E-state index is 14.2. The Morgan fingerprint density at radius 1 is 1.16 bits per heavy atom. The first-order valence-corrected chi connectivity index (χ1v) is 14.3. The molecule has 221 valence electrons. The average Bonchev–Trinajstić information content (AvgIpc) is 3.51. The van der Waals surface area contributed by atoms with Gasteiger partial charge < -0.3 is 20.1 Å². The van der Waals surface area contributed by atoms with Gasteiger partial charge in [-0.3, -0.25) is 14.2 Å². The van der Waals surface area contributed by atoms with Crippen molar-refractivity contribution in [3.63, 3.8) is 0 Å². The molecule has 2 atom stereocenters. The molecule has 0 aliphatic carbocycles. The molecule has 4 aromatic rings. The van der Waals surface area contributed by atoms with Crippen LogP contribution in [0.1, 0.15) is 55.1 Å². The molecule has 43 heavy (non-hydrogen) atoms. The van der Waals surface area contributed by atoms with Crippen molar-refractivity contribution in [3.05, 3.63) is 75.6 Å². The molecule has 2 amide bonds. The van der Waals surface area contributed by atoms with Crippen LogP contribution in [0.15, 0.2) is 47.4 Å². The average molecular weight is 600 g/mol. The topological polar surface area (TPSA) is 150 Å². The highest BCUT2D eigenvalue weighted by Gasteiger charge is 2.55. The lowest BCUT2D eigenvalue weighted by molar-refractivity contribution is 0.0247. The highest BCUT2D eigenvalue weighted by Crippen LogP contribution is 2.47. The van der Waals surface area contributed by atoms with Gasteiger partial charge in [0.15, 0.2) is 5.82 Å². The van der Waals surface area contributed by atoms with Crippen LogP contribution >= 0.6 is 0 Å². The summed E-state index contributed by atoms with van der Waals surface area (Å²) in [4.78, 5) is 52.4. The van der Waals surface area contributed by atoms with Crippen LogP contribution in [0.2, 0.25) is 0 Å². The summed E-state index contributed by atoms with van der Waals surface area (Å²) in [5, 5.41) is 3.84. The van der Waals surface area contributed by atoms with Crippen molar-refractivity contribution in [2.45, 2.75) is 51.6 Å². The number of carbonyl (C=O) groups excluding carboxylic acids is 2. The highest BCUT2D eigenvalue weighted by atomic mass is 28.1. The van der Waals surface area contributed by atoms with Crippen molar-refractivity contribution in [2.75, 3.05) is 24.3 Å². The Balaban J connectivity index is 1.52. The minimum Gasteiger partial charge on any atom is -0.443 e. The number of anilines is 2. The minimum atomic E-state index is -1.11. The third kappa shape index (κ3) is 4.48. The molecule has 1 saturated heterocycles. The van der Waals surface area contributed by atoms with E-state index in [2.05, 4.69) is 20.2 Å². The first-order chi connectivity index (χ1) is 20.3. The first-order valence-electron chi connectivity index (χ1n) is 13.8. The molecule has 14 heteroatoms. The van der Waals surface area contributed by atoms with E-state index >= 15 is 0 Å². The number of nitrogens with two attached hydrogens (primary N) is 1. The van der Waals surface area contributed by atoms with Crippen LogP contribution in [-0.4, -0.2) is 70.5 Å². The van der Waals surface area contributed by atoms with Crippen molar-refractivity contribution < 1.29 is 19.1 Å². The predicted octanol–water partition coefficient (Wildman–Crippen LogP) is 2.37. The molecule has 0 spiro atoms. The van der Waals surface area contributed by atoms with Crippen LogP contribution in [0.3, 0.4) is 0 Å². The Hall–Kier alpha value is -4.56. The van der Waals surface area contributed by atoms with Crippen LogP contribution in [0.5, 0.6) is 0 Å². The fourth-order valence-corrected chi connectivity index (χ4v) is 6.07. The molecule has 0 saturated carbocycles. The third-order valence-electron chi connectivity index (χ3n) is 7.64. The number of fused-ring (bicyclic) bond motifs is 2. The fourth-order valence-electron chi connectivity index (χ4n) is 5.62. The summed E-state index contributed by atoms with van der Waals surface area (Å²) < 4.78 is 13.9. The molecule has 0 bridgehead atoms. The zero-order chi connectivity index (χ0) is 30.8. The SMILES string of the molecule is COCc1ccn2nc(C3([Si])[C@@H](C)CN3c3nc(N)nc4c3C(=O)N(C(=O)OC(C)(C)C)C4)n(-c3ccccc3)c(=O)c12. The number of aromatic nitrogens is 5. The van der Waals surface area contributed by atoms with E-state index in [-0.39, 0.29) is 42.0 Å². The molecule has 1 fully saturated rings. The molecule has 1 unspecified atom stereocenters. The Morgan fingerprint density at radius 3 is 2.53 bits per heavy atom. The molecule has 3 radical (unpaired) electrons. The van der Waals surface area contributed by atoms with Crippen LogP contribution < -0.4 is 16.2 Å². The fraction of sp³-hybridized carbons (Fsp3) is 0.379. The van der Waals surface area contributed by atoms with Gasteiger partial charge >= 0.3 is 6.09 Å². The van der Waals surface area contributed by atoms with Gasteiger partial charge in [-0.15, -0.1) is 0 Å². The van der Waals surface area contributed by atoms with E-state index in [1.165, 1.54) is 0 Å². The molecule has 2 aliphatic heterocycles. The normalized spacial score (nSPS) is 20.0. The van der Waals surface area contributed by atoms with Crippen LogP contribution in [0.25, 0.3) is 11.2 Å². The van der Waals surface area contributed by atoms with Crippen molar-refractivity contribution in [2.24, 2.45) is 5.92 Å². The summed E-state index contributed by atoms with van der Waals surface area (Å²) in [5.74, 6) is -0.159. The Bertz CT molecular complexity index is 1830. The molecule has 2 N–H and O–H groups in total. The van der Waals surface area contributed by atoms with Crippen LogP contribution in [-0.2, 0) is 27.8 Å². The van der Waals surface area contributed by atoms with Crippen LogP contribution in [0, 0.1) is 5.92 Å². The van der Waals surface area contributed by atoms with Crippen molar-refractivity contribution in [1.29, 1.82) is 0 Å². The van der Waals surface area contributed by atoms with E-state index < -0.39 is 22.8 Å². The van der Waals surface area contributed by atoms with E-state index in [1.54, 1.807) is 49.2 Å². The zero-order valence-electron chi connectivity index (χ0n) is 24.5. The number of methoxy groups -OCH3 is 1. The van der Waals surface area contributed by atoms with Gasteiger partial charge in [-0.25, -0.2) is 19.2 Å². The largest absolute Gasteiger partial charge is 0.443 e. The second-order valence-electron chi connectivity index (χ2n) is 11.7. The smallest absolute Gasteiger partial charge is 0.417 e.